The number of benzene rings is 1. The minimum absolute atomic E-state index is 0.126. The molecule has 0 atom stereocenters. The van der Waals surface area contributed by atoms with Gasteiger partial charge in [0.05, 0.1) is 6.61 Å². The maximum Gasteiger partial charge on any atom is 0.132 e. The number of hydrogen-bond acceptors (Lipinski definition) is 2. The summed E-state index contributed by atoms with van der Waals surface area (Å²) in [6.45, 7) is 4.24. The van der Waals surface area contributed by atoms with Crippen LogP contribution in [0.3, 0.4) is 0 Å². The molecule has 0 unspecified atom stereocenters. The third-order valence-corrected chi connectivity index (χ3v) is 3.53. The van der Waals surface area contributed by atoms with Crippen molar-refractivity contribution in [3.05, 3.63) is 29.3 Å². The van der Waals surface area contributed by atoms with Crippen molar-refractivity contribution in [1.82, 2.24) is 0 Å². The van der Waals surface area contributed by atoms with E-state index in [0.29, 0.717) is 0 Å². The van der Waals surface area contributed by atoms with Crippen LogP contribution in [0.5, 0.6) is 5.75 Å². The van der Waals surface area contributed by atoms with Crippen molar-refractivity contribution in [3.8, 4) is 5.75 Å². The molecule has 0 spiro atoms. The Balaban J connectivity index is 2.25. The fourth-order valence-electron chi connectivity index (χ4n) is 2.49. The van der Waals surface area contributed by atoms with Crippen molar-refractivity contribution in [2.24, 2.45) is 0 Å². The zero-order valence-corrected chi connectivity index (χ0v) is 10.1. The Morgan fingerprint density at radius 1 is 1.19 bits per heavy atom. The first-order valence-electron chi connectivity index (χ1n) is 6.03. The minimum Gasteiger partial charge on any atom is -0.484 e. The predicted octanol–water partition coefficient (Wildman–Crippen LogP) is 2.99. The number of aryl methyl sites for hydroxylation is 2. The van der Waals surface area contributed by atoms with Crippen molar-refractivity contribution < 1.29 is 9.84 Å². The highest BCUT2D eigenvalue weighted by atomic mass is 16.5. The summed E-state index contributed by atoms with van der Waals surface area (Å²) < 4.78 is 6.12. The molecule has 0 aliphatic heterocycles. The molecule has 2 rings (SSSR count). The number of aliphatic hydroxyl groups excluding tert-OH is 1. The van der Waals surface area contributed by atoms with E-state index >= 15 is 0 Å². The molecule has 0 saturated heterocycles. The van der Waals surface area contributed by atoms with Crippen LogP contribution < -0.4 is 4.74 Å². The summed E-state index contributed by atoms with van der Waals surface area (Å²) in [5.74, 6) is 0.957. The molecule has 1 aliphatic carbocycles. The van der Waals surface area contributed by atoms with Gasteiger partial charge in [0.25, 0.3) is 0 Å². The molecule has 2 heteroatoms. The highest BCUT2D eigenvalue weighted by Crippen LogP contribution is 2.36. The van der Waals surface area contributed by atoms with Crippen LogP contribution in [0.4, 0.5) is 0 Å². The standard InChI is InChI=1S/C14H20O2/c1-11-6-5-7-12(2)13(11)16-14(10-15)8-3-4-9-14/h5-7,15H,3-4,8-10H2,1-2H3. The Kier molecular flexibility index (Phi) is 3.20. The van der Waals surface area contributed by atoms with Gasteiger partial charge in [0.1, 0.15) is 11.4 Å². The SMILES string of the molecule is Cc1cccc(C)c1OC1(CO)CCCC1. The largest absolute Gasteiger partial charge is 0.484 e. The summed E-state index contributed by atoms with van der Waals surface area (Å²) in [6.07, 6.45) is 4.26. The van der Waals surface area contributed by atoms with Crippen LogP contribution >= 0.6 is 0 Å². The van der Waals surface area contributed by atoms with Gasteiger partial charge in [-0.15, -0.1) is 0 Å². The Labute approximate surface area is 97.3 Å². The molecule has 88 valence electrons. The highest BCUT2D eigenvalue weighted by Gasteiger charge is 2.36. The molecule has 1 aliphatic rings. The van der Waals surface area contributed by atoms with Gasteiger partial charge in [-0.3, -0.25) is 0 Å². The summed E-state index contributed by atoms with van der Waals surface area (Å²) in [5.41, 5.74) is 1.98. The van der Waals surface area contributed by atoms with Gasteiger partial charge in [0, 0.05) is 0 Å². The van der Waals surface area contributed by atoms with Gasteiger partial charge in [-0.2, -0.15) is 0 Å². The smallest absolute Gasteiger partial charge is 0.132 e. The molecule has 0 bridgehead atoms. The van der Waals surface area contributed by atoms with Crippen LogP contribution in [-0.2, 0) is 0 Å². The second-order valence-corrected chi connectivity index (χ2v) is 4.87. The van der Waals surface area contributed by atoms with E-state index in [-0.39, 0.29) is 12.2 Å². The highest BCUT2D eigenvalue weighted by molar-refractivity contribution is 5.40. The van der Waals surface area contributed by atoms with E-state index in [9.17, 15) is 5.11 Å². The van der Waals surface area contributed by atoms with Crippen LogP contribution in [0, 0.1) is 13.8 Å². The van der Waals surface area contributed by atoms with Crippen molar-refractivity contribution in [1.29, 1.82) is 0 Å². The van der Waals surface area contributed by atoms with Gasteiger partial charge < -0.3 is 9.84 Å². The third-order valence-electron chi connectivity index (χ3n) is 3.53. The molecule has 1 aromatic rings. The lowest BCUT2D eigenvalue weighted by atomic mass is 10.0. The fourth-order valence-corrected chi connectivity index (χ4v) is 2.49. The molecule has 0 radical (unpaired) electrons. The normalized spacial score (nSPS) is 18.7. The van der Waals surface area contributed by atoms with E-state index in [1.54, 1.807) is 0 Å². The third kappa shape index (κ3) is 2.07. The van der Waals surface area contributed by atoms with Crippen LogP contribution in [0.15, 0.2) is 18.2 Å². The Morgan fingerprint density at radius 2 is 1.75 bits per heavy atom. The average molecular weight is 220 g/mol. The summed E-state index contributed by atoms with van der Waals surface area (Å²) >= 11 is 0. The van der Waals surface area contributed by atoms with Gasteiger partial charge in [0.2, 0.25) is 0 Å². The summed E-state index contributed by atoms with van der Waals surface area (Å²) in [5, 5.41) is 9.53. The monoisotopic (exact) mass is 220 g/mol. The van der Waals surface area contributed by atoms with E-state index in [1.165, 1.54) is 0 Å². The minimum atomic E-state index is -0.323. The molecular formula is C14H20O2. The average Bonchev–Trinajstić information content (AvgIpc) is 2.73. The van der Waals surface area contributed by atoms with Crippen LogP contribution in [0.2, 0.25) is 0 Å². The number of ether oxygens (including phenoxy) is 1. The van der Waals surface area contributed by atoms with Gasteiger partial charge in [-0.1, -0.05) is 18.2 Å². The van der Waals surface area contributed by atoms with E-state index in [4.69, 9.17) is 4.74 Å². The van der Waals surface area contributed by atoms with Gasteiger partial charge in [-0.25, -0.2) is 0 Å². The Hall–Kier alpha value is -1.02. The van der Waals surface area contributed by atoms with E-state index < -0.39 is 0 Å². The van der Waals surface area contributed by atoms with E-state index in [2.05, 4.69) is 26.0 Å². The Bertz CT molecular complexity index is 345. The first-order valence-corrected chi connectivity index (χ1v) is 6.03. The maximum absolute atomic E-state index is 9.53. The quantitative estimate of drug-likeness (QED) is 0.848. The second kappa shape index (κ2) is 4.46. The zero-order chi connectivity index (χ0) is 11.6. The molecule has 2 nitrogen and oxygen atoms in total. The molecule has 16 heavy (non-hydrogen) atoms. The number of rotatable bonds is 3. The van der Waals surface area contributed by atoms with Gasteiger partial charge in [0.15, 0.2) is 0 Å². The molecule has 1 fully saturated rings. The lowest BCUT2D eigenvalue weighted by Crippen LogP contribution is -2.37. The predicted molar refractivity (Wildman–Crippen MR) is 64.8 cm³/mol. The lowest BCUT2D eigenvalue weighted by molar-refractivity contribution is 0.0141. The molecular weight excluding hydrogens is 200 g/mol. The van der Waals surface area contributed by atoms with E-state index in [0.717, 1.165) is 42.6 Å². The topological polar surface area (TPSA) is 29.5 Å². The summed E-state index contributed by atoms with van der Waals surface area (Å²) in [6, 6.07) is 6.16. The van der Waals surface area contributed by atoms with Crippen LogP contribution in [0.25, 0.3) is 0 Å². The molecule has 1 saturated carbocycles. The van der Waals surface area contributed by atoms with Crippen molar-refractivity contribution in [3.63, 3.8) is 0 Å². The molecule has 0 aromatic heterocycles. The number of hydrogen-bond donors (Lipinski definition) is 1. The fraction of sp³-hybridized carbons (Fsp3) is 0.571. The van der Waals surface area contributed by atoms with Crippen LogP contribution in [-0.4, -0.2) is 17.3 Å². The summed E-state index contributed by atoms with van der Waals surface area (Å²) in [4.78, 5) is 0. The van der Waals surface area contributed by atoms with Crippen molar-refractivity contribution >= 4 is 0 Å². The molecule has 0 heterocycles. The lowest BCUT2D eigenvalue weighted by Gasteiger charge is -2.29. The number of para-hydroxylation sites is 1. The first kappa shape index (κ1) is 11.5. The number of aliphatic hydroxyl groups is 1. The van der Waals surface area contributed by atoms with E-state index in [1.807, 2.05) is 6.07 Å². The summed E-state index contributed by atoms with van der Waals surface area (Å²) in [7, 11) is 0. The first-order chi connectivity index (χ1) is 7.67. The molecule has 0 amide bonds. The second-order valence-electron chi connectivity index (χ2n) is 4.87. The van der Waals surface area contributed by atoms with Crippen LogP contribution in [0.1, 0.15) is 36.8 Å². The molecule has 1 aromatic carbocycles. The zero-order valence-electron chi connectivity index (χ0n) is 10.1. The maximum atomic E-state index is 9.53. The van der Waals surface area contributed by atoms with Crippen molar-refractivity contribution in [2.45, 2.75) is 45.1 Å². The van der Waals surface area contributed by atoms with Gasteiger partial charge in [-0.05, 0) is 50.7 Å². The van der Waals surface area contributed by atoms with Crippen molar-refractivity contribution in [2.75, 3.05) is 6.61 Å². The molecule has 1 N–H and O–H groups in total. The van der Waals surface area contributed by atoms with Gasteiger partial charge >= 0.3 is 0 Å². The Morgan fingerprint density at radius 3 is 2.25 bits per heavy atom.